The van der Waals surface area contributed by atoms with E-state index in [4.69, 9.17) is 17.3 Å². The Morgan fingerprint density at radius 3 is 2.86 bits per heavy atom. The van der Waals surface area contributed by atoms with Crippen LogP contribution in [-0.2, 0) is 6.54 Å². The summed E-state index contributed by atoms with van der Waals surface area (Å²) in [5.41, 5.74) is 8.04. The number of amides is 1. The number of halogens is 1. The van der Waals surface area contributed by atoms with Crippen LogP contribution in [0.15, 0.2) is 42.7 Å². The zero-order chi connectivity index (χ0) is 14.8. The molecule has 1 amide bonds. The van der Waals surface area contributed by atoms with Gasteiger partial charge in [-0.05, 0) is 36.6 Å². The lowest BCUT2D eigenvalue weighted by atomic mass is 10.1. The number of anilines is 1. The minimum absolute atomic E-state index is 0.0488. The number of hydrogen-bond acceptors (Lipinski definition) is 3. The molecule has 2 aromatic rings. The number of nitrogen functional groups attached to an aromatic ring is 1. The summed E-state index contributed by atoms with van der Waals surface area (Å²) in [6.45, 7) is 0.549. The van der Waals surface area contributed by atoms with Gasteiger partial charge in [0.05, 0.1) is 10.6 Å². The molecule has 1 fully saturated rings. The van der Waals surface area contributed by atoms with Crippen molar-refractivity contribution >= 4 is 23.2 Å². The first-order valence-corrected chi connectivity index (χ1v) is 7.28. The van der Waals surface area contributed by atoms with Crippen molar-refractivity contribution < 1.29 is 4.79 Å². The third-order valence-corrected chi connectivity index (χ3v) is 3.86. The van der Waals surface area contributed by atoms with Gasteiger partial charge >= 0.3 is 0 Å². The highest BCUT2D eigenvalue weighted by Gasteiger charge is 2.33. The summed E-state index contributed by atoms with van der Waals surface area (Å²) in [4.78, 5) is 18.5. The monoisotopic (exact) mass is 301 g/mol. The summed E-state index contributed by atoms with van der Waals surface area (Å²) in [7, 11) is 0. The molecule has 1 aliphatic carbocycles. The van der Waals surface area contributed by atoms with Gasteiger partial charge in [-0.1, -0.05) is 23.7 Å². The fraction of sp³-hybridized carbons (Fsp3) is 0.250. The number of nitrogens with two attached hydrogens (primary N) is 1. The van der Waals surface area contributed by atoms with Crippen LogP contribution in [0.4, 0.5) is 5.69 Å². The number of nitrogens with zero attached hydrogens (tertiary/aromatic N) is 2. The van der Waals surface area contributed by atoms with Crippen molar-refractivity contribution in [3.8, 4) is 0 Å². The highest BCUT2D eigenvalue weighted by molar-refractivity contribution is 6.33. The second kappa shape index (κ2) is 5.74. The first-order chi connectivity index (χ1) is 10.1. The Bertz CT molecular complexity index is 670. The zero-order valence-corrected chi connectivity index (χ0v) is 12.3. The van der Waals surface area contributed by atoms with Crippen LogP contribution in [-0.4, -0.2) is 21.8 Å². The standard InChI is InChI=1S/C16H16ClN3O/c17-15-9-19-7-6-14(15)16(21)20(13-4-5-13)10-11-2-1-3-12(18)8-11/h1-3,6-9,13H,4-5,10,18H2. The Labute approximate surface area is 128 Å². The van der Waals surface area contributed by atoms with Crippen LogP contribution < -0.4 is 5.73 Å². The zero-order valence-electron chi connectivity index (χ0n) is 11.5. The molecule has 0 atom stereocenters. The molecular weight excluding hydrogens is 286 g/mol. The fourth-order valence-corrected chi connectivity index (χ4v) is 2.54. The Morgan fingerprint density at radius 2 is 2.19 bits per heavy atom. The Balaban J connectivity index is 1.85. The number of aromatic nitrogens is 1. The number of carbonyl (C=O) groups is 1. The molecule has 4 nitrogen and oxygen atoms in total. The minimum atomic E-state index is -0.0488. The third-order valence-electron chi connectivity index (χ3n) is 3.56. The molecule has 3 rings (SSSR count). The third kappa shape index (κ3) is 3.16. The minimum Gasteiger partial charge on any atom is -0.399 e. The first kappa shape index (κ1) is 13.9. The second-order valence-corrected chi connectivity index (χ2v) is 5.67. The second-order valence-electron chi connectivity index (χ2n) is 5.26. The molecule has 2 N–H and O–H groups in total. The summed E-state index contributed by atoms with van der Waals surface area (Å²) in [6, 6.07) is 9.58. The van der Waals surface area contributed by atoms with Gasteiger partial charge in [0.1, 0.15) is 0 Å². The quantitative estimate of drug-likeness (QED) is 0.883. The molecule has 1 saturated carbocycles. The molecule has 0 aliphatic heterocycles. The van der Waals surface area contributed by atoms with Crippen LogP contribution >= 0.6 is 11.6 Å². The van der Waals surface area contributed by atoms with Crippen LogP contribution in [0.1, 0.15) is 28.8 Å². The summed E-state index contributed by atoms with van der Waals surface area (Å²) in [5, 5.41) is 0.390. The summed E-state index contributed by atoms with van der Waals surface area (Å²) in [5.74, 6) is -0.0488. The summed E-state index contributed by atoms with van der Waals surface area (Å²) in [6.07, 6.45) is 5.17. The average molecular weight is 302 g/mol. The highest BCUT2D eigenvalue weighted by atomic mass is 35.5. The maximum absolute atomic E-state index is 12.7. The van der Waals surface area contributed by atoms with Gasteiger partial charge in [-0.15, -0.1) is 0 Å². The van der Waals surface area contributed by atoms with Crippen LogP contribution in [0.5, 0.6) is 0 Å². The van der Waals surface area contributed by atoms with Gasteiger partial charge < -0.3 is 10.6 Å². The van der Waals surface area contributed by atoms with E-state index in [9.17, 15) is 4.79 Å². The predicted molar refractivity (Wildman–Crippen MR) is 83.0 cm³/mol. The Morgan fingerprint density at radius 1 is 1.38 bits per heavy atom. The van der Waals surface area contributed by atoms with Crippen molar-refractivity contribution in [3.63, 3.8) is 0 Å². The van der Waals surface area contributed by atoms with Gasteiger partial charge in [-0.3, -0.25) is 9.78 Å². The summed E-state index contributed by atoms with van der Waals surface area (Å²) < 4.78 is 0. The van der Waals surface area contributed by atoms with Gasteiger partial charge in [0.25, 0.3) is 5.91 Å². The topological polar surface area (TPSA) is 59.2 Å². The van der Waals surface area contributed by atoms with Crippen LogP contribution in [0, 0.1) is 0 Å². The van der Waals surface area contributed by atoms with Crippen molar-refractivity contribution in [2.45, 2.75) is 25.4 Å². The van der Waals surface area contributed by atoms with Crippen molar-refractivity contribution in [2.75, 3.05) is 5.73 Å². The van der Waals surface area contributed by atoms with Gasteiger partial charge in [0, 0.05) is 30.7 Å². The van der Waals surface area contributed by atoms with Gasteiger partial charge in [0.2, 0.25) is 0 Å². The van der Waals surface area contributed by atoms with Crippen LogP contribution in [0.2, 0.25) is 5.02 Å². The highest BCUT2D eigenvalue weighted by Crippen LogP contribution is 2.31. The van der Waals surface area contributed by atoms with E-state index in [-0.39, 0.29) is 5.91 Å². The Hall–Kier alpha value is -2.07. The van der Waals surface area contributed by atoms with E-state index in [1.807, 2.05) is 29.2 Å². The molecule has 1 heterocycles. The van der Waals surface area contributed by atoms with Crippen LogP contribution in [0.25, 0.3) is 0 Å². The van der Waals surface area contributed by atoms with Crippen molar-refractivity contribution in [2.24, 2.45) is 0 Å². The van der Waals surface area contributed by atoms with E-state index in [0.717, 1.165) is 18.4 Å². The number of hydrogen-bond donors (Lipinski definition) is 1. The van der Waals surface area contributed by atoms with Crippen molar-refractivity contribution in [1.82, 2.24) is 9.88 Å². The lowest BCUT2D eigenvalue weighted by Gasteiger charge is -2.23. The number of rotatable bonds is 4. The molecule has 1 aliphatic rings. The van der Waals surface area contributed by atoms with E-state index < -0.39 is 0 Å². The fourth-order valence-electron chi connectivity index (χ4n) is 2.34. The largest absolute Gasteiger partial charge is 0.399 e. The molecule has 1 aromatic carbocycles. The normalized spacial score (nSPS) is 14.0. The van der Waals surface area contributed by atoms with Crippen molar-refractivity contribution in [1.29, 1.82) is 0 Å². The smallest absolute Gasteiger partial charge is 0.256 e. The summed E-state index contributed by atoms with van der Waals surface area (Å²) >= 11 is 6.09. The molecule has 0 unspecified atom stereocenters. The average Bonchev–Trinajstić information content (AvgIpc) is 3.29. The van der Waals surface area contributed by atoms with E-state index in [1.165, 1.54) is 6.20 Å². The molecule has 108 valence electrons. The van der Waals surface area contributed by atoms with E-state index >= 15 is 0 Å². The van der Waals surface area contributed by atoms with E-state index in [1.54, 1.807) is 12.3 Å². The van der Waals surface area contributed by atoms with E-state index in [0.29, 0.717) is 28.9 Å². The Kier molecular flexibility index (Phi) is 3.80. The number of pyridine rings is 1. The molecular formula is C16H16ClN3O. The lowest BCUT2D eigenvalue weighted by molar-refractivity contribution is 0.0730. The van der Waals surface area contributed by atoms with Gasteiger partial charge in [-0.2, -0.15) is 0 Å². The van der Waals surface area contributed by atoms with Gasteiger partial charge in [0.15, 0.2) is 0 Å². The SMILES string of the molecule is Nc1cccc(CN(C(=O)c2ccncc2Cl)C2CC2)c1. The maximum Gasteiger partial charge on any atom is 0.256 e. The number of carbonyl (C=O) groups excluding carboxylic acids is 1. The van der Waals surface area contributed by atoms with Gasteiger partial charge in [-0.25, -0.2) is 0 Å². The van der Waals surface area contributed by atoms with Crippen molar-refractivity contribution in [3.05, 3.63) is 58.9 Å². The first-order valence-electron chi connectivity index (χ1n) is 6.90. The molecule has 1 aromatic heterocycles. The molecule has 0 bridgehead atoms. The molecule has 21 heavy (non-hydrogen) atoms. The lowest BCUT2D eigenvalue weighted by Crippen LogP contribution is -2.32. The molecule has 0 spiro atoms. The maximum atomic E-state index is 12.7. The van der Waals surface area contributed by atoms with E-state index in [2.05, 4.69) is 4.98 Å². The molecule has 0 saturated heterocycles. The number of benzene rings is 1. The van der Waals surface area contributed by atoms with Crippen LogP contribution in [0.3, 0.4) is 0 Å². The molecule has 5 heteroatoms. The predicted octanol–water partition coefficient (Wildman–Crippen LogP) is 3.12. The molecule has 0 radical (unpaired) electrons.